The van der Waals surface area contributed by atoms with Crippen LogP contribution in [0.4, 0.5) is 19.0 Å². The molecule has 1 aromatic heterocycles. The molecular formula is C12H15ClF3N3O. The van der Waals surface area contributed by atoms with Crippen LogP contribution in [0, 0.1) is 5.41 Å². The van der Waals surface area contributed by atoms with Gasteiger partial charge >= 0.3 is 6.18 Å². The molecule has 1 aliphatic heterocycles. The van der Waals surface area contributed by atoms with E-state index in [1.165, 1.54) is 0 Å². The van der Waals surface area contributed by atoms with Gasteiger partial charge in [-0.25, -0.2) is 9.97 Å². The third kappa shape index (κ3) is 3.96. The maximum atomic E-state index is 12.6. The maximum absolute atomic E-state index is 12.6. The van der Waals surface area contributed by atoms with E-state index in [0.717, 1.165) is 18.9 Å². The second-order valence-corrected chi connectivity index (χ2v) is 5.52. The van der Waals surface area contributed by atoms with Crippen LogP contribution in [0.25, 0.3) is 0 Å². The first-order valence-electron chi connectivity index (χ1n) is 6.22. The third-order valence-electron chi connectivity index (χ3n) is 3.39. The van der Waals surface area contributed by atoms with Crippen LogP contribution in [-0.4, -0.2) is 29.7 Å². The number of halogens is 4. The van der Waals surface area contributed by atoms with Crippen molar-refractivity contribution in [1.82, 2.24) is 9.97 Å². The lowest BCUT2D eigenvalue weighted by atomic mass is 9.82. The smallest absolute Gasteiger partial charge is 0.381 e. The van der Waals surface area contributed by atoms with Crippen molar-refractivity contribution in [2.45, 2.75) is 25.9 Å². The fraction of sp³-hybridized carbons (Fsp3) is 0.667. The van der Waals surface area contributed by atoms with Gasteiger partial charge in [0.15, 0.2) is 5.69 Å². The van der Waals surface area contributed by atoms with E-state index in [4.69, 9.17) is 16.3 Å². The van der Waals surface area contributed by atoms with Crippen LogP contribution in [0.1, 0.15) is 25.5 Å². The van der Waals surface area contributed by atoms with E-state index in [1.807, 2.05) is 0 Å². The maximum Gasteiger partial charge on any atom is 0.433 e. The van der Waals surface area contributed by atoms with Crippen molar-refractivity contribution in [3.63, 3.8) is 0 Å². The molecule has 0 radical (unpaired) electrons. The van der Waals surface area contributed by atoms with E-state index >= 15 is 0 Å². The summed E-state index contributed by atoms with van der Waals surface area (Å²) < 4.78 is 43.2. The number of hydrogen-bond acceptors (Lipinski definition) is 4. The molecule has 112 valence electrons. The highest BCUT2D eigenvalue weighted by atomic mass is 35.5. The minimum atomic E-state index is -4.54. The molecule has 1 N–H and O–H groups in total. The summed E-state index contributed by atoms with van der Waals surface area (Å²) in [5, 5.41) is 2.50. The topological polar surface area (TPSA) is 47.0 Å². The van der Waals surface area contributed by atoms with Gasteiger partial charge in [-0.15, -0.1) is 0 Å². The van der Waals surface area contributed by atoms with Crippen LogP contribution in [0.2, 0.25) is 5.28 Å². The molecule has 0 unspecified atom stereocenters. The number of rotatable bonds is 3. The molecule has 8 heteroatoms. The van der Waals surface area contributed by atoms with Crippen molar-refractivity contribution in [2.24, 2.45) is 5.41 Å². The lowest BCUT2D eigenvalue weighted by Crippen LogP contribution is -2.33. The van der Waals surface area contributed by atoms with Crippen LogP contribution in [0.5, 0.6) is 0 Å². The number of ether oxygens (including phenoxy) is 1. The molecule has 2 rings (SSSR count). The van der Waals surface area contributed by atoms with E-state index in [1.54, 1.807) is 0 Å². The Bertz CT molecular complexity index is 476. The highest BCUT2D eigenvalue weighted by Crippen LogP contribution is 2.32. The van der Waals surface area contributed by atoms with E-state index in [2.05, 4.69) is 22.2 Å². The van der Waals surface area contributed by atoms with Gasteiger partial charge in [-0.1, -0.05) is 6.92 Å². The Hall–Kier alpha value is -1.08. The van der Waals surface area contributed by atoms with Gasteiger partial charge in [0.25, 0.3) is 0 Å². The molecule has 0 saturated carbocycles. The van der Waals surface area contributed by atoms with Crippen LogP contribution in [0.3, 0.4) is 0 Å². The lowest BCUT2D eigenvalue weighted by Gasteiger charge is -2.33. The molecule has 4 nitrogen and oxygen atoms in total. The number of nitrogens with zero attached hydrogens (tertiary/aromatic N) is 2. The number of hydrogen-bond donors (Lipinski definition) is 1. The molecular weight excluding hydrogens is 295 g/mol. The molecule has 0 atom stereocenters. The Labute approximate surface area is 119 Å². The Balaban J connectivity index is 2.07. The zero-order chi connectivity index (χ0) is 14.8. The van der Waals surface area contributed by atoms with Crippen molar-refractivity contribution >= 4 is 17.4 Å². The van der Waals surface area contributed by atoms with Gasteiger partial charge in [0.1, 0.15) is 5.82 Å². The summed E-state index contributed by atoms with van der Waals surface area (Å²) in [7, 11) is 0. The van der Waals surface area contributed by atoms with Gasteiger partial charge in [0.2, 0.25) is 5.28 Å². The summed E-state index contributed by atoms with van der Waals surface area (Å²) in [6.45, 7) is 3.91. The standard InChI is InChI=1S/C12H15ClF3N3O/c1-11(2-4-20-5-3-11)7-17-9-6-8(12(14,15)16)18-10(13)19-9/h6H,2-5,7H2,1H3,(H,17,18,19). The summed E-state index contributed by atoms with van der Waals surface area (Å²) in [6.07, 6.45) is -2.83. The first-order valence-corrected chi connectivity index (χ1v) is 6.60. The molecule has 0 aliphatic carbocycles. The summed E-state index contributed by atoms with van der Waals surface area (Å²) in [5.41, 5.74) is -1.06. The van der Waals surface area contributed by atoms with Crippen molar-refractivity contribution in [3.8, 4) is 0 Å². The van der Waals surface area contributed by atoms with Gasteiger partial charge in [-0.3, -0.25) is 0 Å². The first-order chi connectivity index (χ1) is 9.28. The number of alkyl halides is 3. The highest BCUT2D eigenvalue weighted by Gasteiger charge is 2.34. The fourth-order valence-electron chi connectivity index (χ4n) is 2.00. The van der Waals surface area contributed by atoms with Crippen LogP contribution < -0.4 is 5.32 Å². The third-order valence-corrected chi connectivity index (χ3v) is 3.55. The largest absolute Gasteiger partial charge is 0.433 e. The molecule has 1 fully saturated rings. The van der Waals surface area contributed by atoms with Crippen LogP contribution in [-0.2, 0) is 10.9 Å². The Kier molecular flexibility index (Phi) is 4.39. The summed E-state index contributed by atoms with van der Waals surface area (Å²) in [6, 6.07) is 0.870. The Morgan fingerprint density at radius 1 is 1.35 bits per heavy atom. The van der Waals surface area contributed by atoms with Gasteiger partial charge in [0, 0.05) is 25.8 Å². The summed E-state index contributed by atoms with van der Waals surface area (Å²) in [4.78, 5) is 6.96. The highest BCUT2D eigenvalue weighted by molar-refractivity contribution is 6.28. The van der Waals surface area contributed by atoms with E-state index < -0.39 is 17.2 Å². The normalized spacial score (nSPS) is 18.9. The quantitative estimate of drug-likeness (QED) is 0.870. The first kappa shape index (κ1) is 15.3. The minimum absolute atomic E-state index is 0.0198. The summed E-state index contributed by atoms with van der Waals surface area (Å²) >= 11 is 5.53. The van der Waals surface area contributed by atoms with E-state index in [0.29, 0.717) is 19.8 Å². The predicted octanol–water partition coefficient (Wildman–Crippen LogP) is 3.38. The zero-order valence-electron chi connectivity index (χ0n) is 10.9. The van der Waals surface area contributed by atoms with Gasteiger partial charge < -0.3 is 10.1 Å². The zero-order valence-corrected chi connectivity index (χ0v) is 11.7. The molecule has 0 bridgehead atoms. The van der Waals surface area contributed by atoms with Crippen molar-refractivity contribution in [1.29, 1.82) is 0 Å². The number of aromatic nitrogens is 2. The number of anilines is 1. The SMILES string of the molecule is CC1(CNc2cc(C(F)(F)F)nc(Cl)n2)CCOCC1. The molecule has 0 spiro atoms. The van der Waals surface area contributed by atoms with Gasteiger partial charge in [-0.2, -0.15) is 13.2 Å². The molecule has 0 aromatic carbocycles. The Morgan fingerprint density at radius 2 is 2.00 bits per heavy atom. The Morgan fingerprint density at radius 3 is 2.60 bits per heavy atom. The monoisotopic (exact) mass is 309 g/mol. The molecule has 20 heavy (non-hydrogen) atoms. The molecule has 2 heterocycles. The van der Waals surface area contributed by atoms with Gasteiger partial charge in [0.05, 0.1) is 0 Å². The van der Waals surface area contributed by atoms with Crippen LogP contribution in [0.15, 0.2) is 6.07 Å². The number of nitrogens with one attached hydrogen (secondary N) is 1. The van der Waals surface area contributed by atoms with E-state index in [9.17, 15) is 13.2 Å². The second kappa shape index (κ2) is 5.73. The van der Waals surface area contributed by atoms with Gasteiger partial charge in [-0.05, 0) is 29.9 Å². The summed E-state index contributed by atoms with van der Waals surface area (Å²) in [5.74, 6) is 0.0880. The molecule has 1 saturated heterocycles. The van der Waals surface area contributed by atoms with Crippen LogP contribution >= 0.6 is 11.6 Å². The lowest BCUT2D eigenvalue weighted by molar-refractivity contribution is -0.141. The van der Waals surface area contributed by atoms with Crippen molar-refractivity contribution < 1.29 is 17.9 Å². The molecule has 1 aromatic rings. The average Bonchev–Trinajstić information content (AvgIpc) is 2.36. The van der Waals surface area contributed by atoms with Crippen molar-refractivity contribution in [3.05, 3.63) is 17.0 Å². The molecule has 1 aliphatic rings. The molecule has 0 amide bonds. The second-order valence-electron chi connectivity index (χ2n) is 5.18. The fourth-order valence-corrected chi connectivity index (χ4v) is 2.18. The van der Waals surface area contributed by atoms with E-state index in [-0.39, 0.29) is 11.2 Å². The van der Waals surface area contributed by atoms with Crippen molar-refractivity contribution in [2.75, 3.05) is 25.1 Å². The average molecular weight is 310 g/mol. The minimum Gasteiger partial charge on any atom is -0.381 e. The predicted molar refractivity (Wildman–Crippen MR) is 68.7 cm³/mol.